The van der Waals surface area contributed by atoms with E-state index in [2.05, 4.69) is 15.5 Å². The first-order chi connectivity index (χ1) is 13.2. The molecule has 1 heterocycles. The molecule has 0 aliphatic carbocycles. The Morgan fingerprint density at radius 2 is 1.67 bits per heavy atom. The van der Waals surface area contributed by atoms with Gasteiger partial charge in [0, 0.05) is 17.3 Å². The van der Waals surface area contributed by atoms with Gasteiger partial charge in [0.15, 0.2) is 11.5 Å². The van der Waals surface area contributed by atoms with Gasteiger partial charge in [0.25, 0.3) is 0 Å². The smallest absolute Gasteiger partial charge is 0.246 e. The summed E-state index contributed by atoms with van der Waals surface area (Å²) in [6.45, 7) is 0.380. The van der Waals surface area contributed by atoms with Gasteiger partial charge in [-0.1, -0.05) is 11.2 Å². The lowest BCUT2D eigenvalue weighted by Gasteiger charge is -2.12. The Kier molecular flexibility index (Phi) is 5.65. The van der Waals surface area contributed by atoms with Crippen LogP contribution in [0.1, 0.15) is 5.89 Å². The zero-order valence-corrected chi connectivity index (χ0v) is 15.6. The van der Waals surface area contributed by atoms with E-state index in [0.717, 1.165) is 11.4 Å². The van der Waals surface area contributed by atoms with Gasteiger partial charge in [0.1, 0.15) is 5.75 Å². The third-order valence-corrected chi connectivity index (χ3v) is 3.90. The van der Waals surface area contributed by atoms with E-state index in [1.807, 2.05) is 24.3 Å². The maximum absolute atomic E-state index is 5.36. The second-order valence-electron chi connectivity index (χ2n) is 5.51. The molecule has 2 aromatic carbocycles. The first-order valence-electron chi connectivity index (χ1n) is 8.19. The minimum absolute atomic E-state index is 0.380. The van der Waals surface area contributed by atoms with E-state index in [0.29, 0.717) is 41.1 Å². The van der Waals surface area contributed by atoms with E-state index in [1.165, 1.54) is 0 Å². The first-order valence-corrected chi connectivity index (χ1v) is 8.19. The van der Waals surface area contributed by atoms with E-state index in [9.17, 15) is 0 Å². The predicted octanol–water partition coefficient (Wildman–Crippen LogP) is 3.38. The topological polar surface area (TPSA) is 87.9 Å². The van der Waals surface area contributed by atoms with Crippen molar-refractivity contribution in [2.75, 3.05) is 33.8 Å². The lowest BCUT2D eigenvalue weighted by atomic mass is 10.1. The lowest BCUT2D eigenvalue weighted by Crippen LogP contribution is -2.00. The summed E-state index contributed by atoms with van der Waals surface area (Å²) in [5, 5.41) is 7.25. The van der Waals surface area contributed by atoms with Crippen LogP contribution in [0, 0.1) is 0 Å². The molecule has 0 saturated heterocycles. The second-order valence-corrected chi connectivity index (χ2v) is 5.51. The summed E-state index contributed by atoms with van der Waals surface area (Å²) in [6.07, 6.45) is 0. The number of nitrogens with zero attached hydrogens (tertiary/aromatic N) is 2. The Morgan fingerprint density at radius 1 is 0.926 bits per heavy atom. The van der Waals surface area contributed by atoms with Crippen molar-refractivity contribution in [3.63, 3.8) is 0 Å². The largest absolute Gasteiger partial charge is 0.497 e. The standard InChI is InChI=1S/C19H21N3O5/c1-23-14-7-5-6-13(10-14)20-11-17-21-19(22-27-17)12-8-15(24-2)18(26-4)16(9-12)25-3/h5-10,20H,11H2,1-4H3. The normalized spacial score (nSPS) is 10.4. The van der Waals surface area contributed by atoms with Gasteiger partial charge in [-0.2, -0.15) is 4.98 Å². The summed E-state index contributed by atoms with van der Waals surface area (Å²) in [5.74, 6) is 3.19. The van der Waals surface area contributed by atoms with E-state index in [-0.39, 0.29) is 0 Å². The van der Waals surface area contributed by atoms with Crippen LogP contribution >= 0.6 is 0 Å². The molecule has 27 heavy (non-hydrogen) atoms. The van der Waals surface area contributed by atoms with Gasteiger partial charge >= 0.3 is 0 Å². The number of methoxy groups -OCH3 is 4. The quantitative estimate of drug-likeness (QED) is 0.645. The maximum atomic E-state index is 5.36. The highest BCUT2D eigenvalue weighted by Gasteiger charge is 2.17. The molecule has 3 rings (SSSR count). The molecule has 8 heteroatoms. The number of hydrogen-bond donors (Lipinski definition) is 1. The molecular weight excluding hydrogens is 350 g/mol. The fraction of sp³-hybridized carbons (Fsp3) is 0.263. The van der Waals surface area contributed by atoms with E-state index in [4.69, 9.17) is 23.5 Å². The van der Waals surface area contributed by atoms with Crippen molar-refractivity contribution in [3.05, 3.63) is 42.3 Å². The Hall–Kier alpha value is -3.42. The molecule has 0 atom stereocenters. The van der Waals surface area contributed by atoms with Crippen LogP contribution in [0.4, 0.5) is 5.69 Å². The number of hydrogen-bond acceptors (Lipinski definition) is 8. The Labute approximate surface area is 157 Å². The molecule has 0 bridgehead atoms. The van der Waals surface area contributed by atoms with Crippen LogP contribution in [-0.4, -0.2) is 38.6 Å². The number of aromatic nitrogens is 2. The Bertz CT molecular complexity index is 885. The molecule has 1 aromatic heterocycles. The molecule has 0 amide bonds. The highest BCUT2D eigenvalue weighted by molar-refractivity contribution is 5.66. The molecule has 3 aromatic rings. The number of ether oxygens (including phenoxy) is 4. The van der Waals surface area contributed by atoms with Crippen LogP contribution in [0.25, 0.3) is 11.4 Å². The lowest BCUT2D eigenvalue weighted by molar-refractivity contribution is 0.324. The number of rotatable bonds is 8. The molecule has 0 unspecified atom stereocenters. The van der Waals surface area contributed by atoms with Gasteiger partial charge in [-0.05, 0) is 24.3 Å². The van der Waals surface area contributed by atoms with Crippen LogP contribution in [0.2, 0.25) is 0 Å². The van der Waals surface area contributed by atoms with E-state index in [1.54, 1.807) is 40.6 Å². The van der Waals surface area contributed by atoms with Crippen molar-refractivity contribution in [1.29, 1.82) is 0 Å². The third kappa shape index (κ3) is 4.05. The molecule has 0 radical (unpaired) electrons. The van der Waals surface area contributed by atoms with Gasteiger partial charge in [-0.25, -0.2) is 0 Å². The fourth-order valence-electron chi connectivity index (χ4n) is 2.56. The monoisotopic (exact) mass is 371 g/mol. The zero-order chi connectivity index (χ0) is 19.2. The molecular formula is C19H21N3O5. The SMILES string of the molecule is COc1cccc(NCc2nc(-c3cc(OC)c(OC)c(OC)c3)no2)c1. The van der Waals surface area contributed by atoms with Crippen molar-refractivity contribution < 1.29 is 23.5 Å². The summed E-state index contributed by atoms with van der Waals surface area (Å²) >= 11 is 0. The average molecular weight is 371 g/mol. The minimum Gasteiger partial charge on any atom is -0.497 e. The Balaban J connectivity index is 1.79. The van der Waals surface area contributed by atoms with Crippen LogP contribution in [0.15, 0.2) is 40.9 Å². The highest BCUT2D eigenvalue weighted by atomic mass is 16.5. The summed E-state index contributed by atoms with van der Waals surface area (Å²) in [7, 11) is 6.29. The van der Waals surface area contributed by atoms with E-state index < -0.39 is 0 Å². The summed E-state index contributed by atoms with van der Waals surface area (Å²) in [6, 6.07) is 11.1. The molecule has 0 aliphatic rings. The molecule has 0 aliphatic heterocycles. The van der Waals surface area contributed by atoms with Gasteiger partial charge in [-0.3, -0.25) is 0 Å². The molecule has 0 saturated carbocycles. The molecule has 8 nitrogen and oxygen atoms in total. The Morgan fingerprint density at radius 3 is 2.30 bits per heavy atom. The van der Waals surface area contributed by atoms with Crippen LogP contribution in [-0.2, 0) is 6.54 Å². The summed E-state index contributed by atoms with van der Waals surface area (Å²) in [4.78, 5) is 4.42. The maximum Gasteiger partial charge on any atom is 0.246 e. The molecule has 0 spiro atoms. The molecule has 0 fully saturated rings. The highest BCUT2D eigenvalue weighted by Crippen LogP contribution is 2.40. The molecule has 1 N–H and O–H groups in total. The number of nitrogens with one attached hydrogen (secondary N) is 1. The summed E-state index contributed by atoms with van der Waals surface area (Å²) in [5.41, 5.74) is 1.59. The van der Waals surface area contributed by atoms with Crippen molar-refractivity contribution in [2.45, 2.75) is 6.54 Å². The zero-order valence-electron chi connectivity index (χ0n) is 15.6. The van der Waals surface area contributed by atoms with Gasteiger partial charge in [0.2, 0.25) is 17.5 Å². The third-order valence-electron chi connectivity index (χ3n) is 3.90. The van der Waals surface area contributed by atoms with Crippen LogP contribution < -0.4 is 24.3 Å². The first kappa shape index (κ1) is 18.4. The van der Waals surface area contributed by atoms with Crippen molar-refractivity contribution in [3.8, 4) is 34.4 Å². The van der Waals surface area contributed by atoms with Crippen LogP contribution in [0.3, 0.4) is 0 Å². The molecule has 142 valence electrons. The summed E-state index contributed by atoms with van der Waals surface area (Å²) < 4.78 is 26.6. The van der Waals surface area contributed by atoms with Gasteiger partial charge < -0.3 is 28.8 Å². The average Bonchev–Trinajstić information content (AvgIpc) is 3.20. The predicted molar refractivity (Wildman–Crippen MR) is 99.7 cm³/mol. The van der Waals surface area contributed by atoms with Crippen molar-refractivity contribution >= 4 is 5.69 Å². The number of anilines is 1. The minimum atomic E-state index is 0.380. The van der Waals surface area contributed by atoms with Crippen LogP contribution in [0.5, 0.6) is 23.0 Å². The van der Waals surface area contributed by atoms with Gasteiger partial charge in [0.05, 0.1) is 35.0 Å². The fourth-order valence-corrected chi connectivity index (χ4v) is 2.56. The van der Waals surface area contributed by atoms with Gasteiger partial charge in [-0.15, -0.1) is 0 Å². The van der Waals surface area contributed by atoms with Crippen molar-refractivity contribution in [2.24, 2.45) is 0 Å². The number of benzene rings is 2. The van der Waals surface area contributed by atoms with Crippen molar-refractivity contribution in [1.82, 2.24) is 10.1 Å². The van der Waals surface area contributed by atoms with E-state index >= 15 is 0 Å². The second kappa shape index (κ2) is 8.31.